The molecule has 0 aromatic carbocycles. The molecule has 2 aromatic rings. The molecule has 122 valence electrons. The molecule has 23 heavy (non-hydrogen) atoms. The molecule has 6 nitrogen and oxygen atoms in total. The Morgan fingerprint density at radius 2 is 2.22 bits per heavy atom. The molecule has 1 saturated heterocycles. The number of hydrogen-bond acceptors (Lipinski definition) is 4. The van der Waals surface area contributed by atoms with Crippen LogP contribution in [0.25, 0.3) is 11.1 Å². The Balaban J connectivity index is 1.87. The molecule has 1 fully saturated rings. The van der Waals surface area contributed by atoms with E-state index in [0.29, 0.717) is 26.1 Å². The average Bonchev–Trinajstić information content (AvgIpc) is 3.00. The first-order valence-electron chi connectivity index (χ1n) is 7.94. The molecule has 3 heterocycles. The summed E-state index contributed by atoms with van der Waals surface area (Å²) in [5, 5.41) is 4.22. The minimum absolute atomic E-state index is 0.165. The summed E-state index contributed by atoms with van der Waals surface area (Å²) in [5.41, 5.74) is 3.93. The van der Waals surface area contributed by atoms with Crippen LogP contribution in [0.4, 0.5) is 0 Å². The van der Waals surface area contributed by atoms with Gasteiger partial charge in [0.15, 0.2) is 0 Å². The van der Waals surface area contributed by atoms with Gasteiger partial charge in [0.1, 0.15) is 6.10 Å². The quantitative estimate of drug-likeness (QED) is 0.870. The van der Waals surface area contributed by atoms with Crippen molar-refractivity contribution in [1.29, 1.82) is 0 Å². The molecule has 0 aliphatic carbocycles. The summed E-state index contributed by atoms with van der Waals surface area (Å²) < 4.78 is 7.64. The smallest absolute Gasteiger partial charge is 0.222 e. The first-order valence-corrected chi connectivity index (χ1v) is 7.94. The molecular formula is C17H22N4O2. The van der Waals surface area contributed by atoms with E-state index in [1.54, 1.807) is 4.68 Å². The highest BCUT2D eigenvalue weighted by atomic mass is 16.5. The van der Waals surface area contributed by atoms with E-state index in [-0.39, 0.29) is 12.0 Å². The van der Waals surface area contributed by atoms with Gasteiger partial charge in [-0.05, 0) is 24.6 Å². The van der Waals surface area contributed by atoms with Crippen LogP contribution in [-0.4, -0.2) is 45.3 Å². The summed E-state index contributed by atoms with van der Waals surface area (Å²) in [7, 11) is 1.90. The van der Waals surface area contributed by atoms with Crippen molar-refractivity contribution >= 4 is 5.91 Å². The van der Waals surface area contributed by atoms with E-state index >= 15 is 0 Å². The lowest BCUT2D eigenvalue weighted by molar-refractivity contribution is -0.138. The predicted molar refractivity (Wildman–Crippen MR) is 86.7 cm³/mol. The van der Waals surface area contributed by atoms with Crippen molar-refractivity contribution in [2.45, 2.75) is 26.4 Å². The number of carbonyl (C=O) groups excluding carboxylic acids is 1. The van der Waals surface area contributed by atoms with Gasteiger partial charge in [-0.3, -0.25) is 14.5 Å². The third-order valence-electron chi connectivity index (χ3n) is 4.06. The van der Waals surface area contributed by atoms with Crippen molar-refractivity contribution < 1.29 is 9.53 Å². The van der Waals surface area contributed by atoms with Crippen molar-refractivity contribution in [3.8, 4) is 11.1 Å². The fourth-order valence-corrected chi connectivity index (χ4v) is 2.87. The van der Waals surface area contributed by atoms with Gasteiger partial charge in [-0.1, -0.05) is 6.92 Å². The summed E-state index contributed by atoms with van der Waals surface area (Å²) in [5.74, 6) is 0.165. The van der Waals surface area contributed by atoms with Crippen molar-refractivity contribution in [3.63, 3.8) is 0 Å². The van der Waals surface area contributed by atoms with Gasteiger partial charge in [0.05, 0.1) is 25.0 Å². The third-order valence-corrected chi connectivity index (χ3v) is 4.06. The molecule has 0 N–H and O–H groups in total. The maximum absolute atomic E-state index is 11.9. The van der Waals surface area contributed by atoms with Crippen LogP contribution < -0.4 is 0 Å². The number of nitrogens with zero attached hydrogens (tertiary/aromatic N) is 4. The highest BCUT2D eigenvalue weighted by molar-refractivity contribution is 5.76. The van der Waals surface area contributed by atoms with Crippen LogP contribution in [0.3, 0.4) is 0 Å². The van der Waals surface area contributed by atoms with Gasteiger partial charge in [0.25, 0.3) is 0 Å². The van der Waals surface area contributed by atoms with Crippen LogP contribution in [0.1, 0.15) is 30.8 Å². The summed E-state index contributed by atoms with van der Waals surface area (Å²) in [6.45, 7) is 5.63. The van der Waals surface area contributed by atoms with Crippen molar-refractivity contribution in [3.05, 3.63) is 35.9 Å². The largest absolute Gasteiger partial charge is 0.368 e. The molecule has 0 radical (unpaired) electrons. The fraction of sp³-hybridized carbons (Fsp3) is 0.471. The molecule has 2 aromatic heterocycles. The maximum atomic E-state index is 11.9. The van der Waals surface area contributed by atoms with E-state index in [1.807, 2.05) is 50.3 Å². The second-order valence-electron chi connectivity index (χ2n) is 5.88. The Kier molecular flexibility index (Phi) is 4.43. The highest BCUT2D eigenvalue weighted by Crippen LogP contribution is 2.26. The van der Waals surface area contributed by atoms with E-state index in [1.165, 1.54) is 0 Å². The standard InChI is InChI=1S/C17H22N4O2/c1-4-17(22)21-5-6-23-16(11-21)15-8-13(7-12(2)19-15)14-9-18-20(3)10-14/h7-10,16H,4-6,11H2,1-3H3. The van der Waals surface area contributed by atoms with Crippen LogP contribution in [0.2, 0.25) is 0 Å². The number of ether oxygens (including phenoxy) is 1. The SMILES string of the molecule is CCC(=O)N1CCOC(c2cc(-c3cnn(C)c3)cc(C)n2)C1. The van der Waals surface area contributed by atoms with Gasteiger partial charge >= 0.3 is 0 Å². The number of morpholine rings is 1. The first kappa shape index (κ1) is 15.7. The summed E-state index contributed by atoms with van der Waals surface area (Å²) in [6.07, 6.45) is 4.17. The average molecular weight is 314 g/mol. The topological polar surface area (TPSA) is 60.3 Å². The van der Waals surface area contributed by atoms with E-state index in [2.05, 4.69) is 10.1 Å². The molecule has 3 rings (SSSR count). The molecule has 1 atom stereocenters. The zero-order chi connectivity index (χ0) is 16.4. The third kappa shape index (κ3) is 3.42. The summed E-state index contributed by atoms with van der Waals surface area (Å²) >= 11 is 0. The molecule has 0 spiro atoms. The van der Waals surface area contributed by atoms with Crippen LogP contribution in [0, 0.1) is 6.92 Å². The van der Waals surface area contributed by atoms with E-state index < -0.39 is 0 Å². The number of aromatic nitrogens is 3. The summed E-state index contributed by atoms with van der Waals surface area (Å²) in [6, 6.07) is 4.08. The van der Waals surface area contributed by atoms with E-state index in [0.717, 1.165) is 22.5 Å². The van der Waals surface area contributed by atoms with Crippen LogP contribution in [0.5, 0.6) is 0 Å². The van der Waals surface area contributed by atoms with E-state index in [9.17, 15) is 4.79 Å². The minimum atomic E-state index is -0.172. The Morgan fingerprint density at radius 3 is 2.91 bits per heavy atom. The van der Waals surface area contributed by atoms with Crippen molar-refractivity contribution in [2.75, 3.05) is 19.7 Å². The lowest BCUT2D eigenvalue weighted by atomic mass is 10.1. The molecule has 6 heteroatoms. The lowest BCUT2D eigenvalue weighted by Crippen LogP contribution is -2.42. The zero-order valence-electron chi connectivity index (χ0n) is 13.8. The molecule has 1 amide bonds. The zero-order valence-corrected chi connectivity index (χ0v) is 13.8. The Hall–Kier alpha value is -2.21. The normalized spacial score (nSPS) is 18.2. The molecule has 1 aliphatic rings. The molecule has 0 saturated carbocycles. The monoisotopic (exact) mass is 314 g/mol. The van der Waals surface area contributed by atoms with Gasteiger partial charge in [-0.2, -0.15) is 5.10 Å². The molecule has 0 bridgehead atoms. The van der Waals surface area contributed by atoms with Crippen LogP contribution in [-0.2, 0) is 16.6 Å². The highest BCUT2D eigenvalue weighted by Gasteiger charge is 2.26. The van der Waals surface area contributed by atoms with Crippen LogP contribution >= 0.6 is 0 Å². The number of rotatable bonds is 3. The lowest BCUT2D eigenvalue weighted by Gasteiger charge is -2.32. The summed E-state index contributed by atoms with van der Waals surface area (Å²) in [4.78, 5) is 18.4. The number of amides is 1. The van der Waals surface area contributed by atoms with Gasteiger partial charge in [-0.25, -0.2) is 0 Å². The van der Waals surface area contributed by atoms with Gasteiger partial charge < -0.3 is 9.64 Å². The number of carbonyl (C=O) groups is 1. The predicted octanol–water partition coefficient (Wildman–Crippen LogP) is 2.10. The van der Waals surface area contributed by atoms with Gasteiger partial charge in [-0.15, -0.1) is 0 Å². The van der Waals surface area contributed by atoms with Gasteiger partial charge in [0, 0.05) is 37.5 Å². The van der Waals surface area contributed by atoms with Gasteiger partial charge in [0.2, 0.25) is 5.91 Å². The minimum Gasteiger partial charge on any atom is -0.368 e. The first-order chi connectivity index (χ1) is 11.1. The van der Waals surface area contributed by atoms with Crippen molar-refractivity contribution in [2.24, 2.45) is 7.05 Å². The number of pyridine rings is 1. The molecule has 1 aliphatic heterocycles. The second-order valence-corrected chi connectivity index (χ2v) is 5.88. The van der Waals surface area contributed by atoms with E-state index in [4.69, 9.17) is 4.74 Å². The Bertz CT molecular complexity index is 710. The Labute approximate surface area is 136 Å². The van der Waals surface area contributed by atoms with Crippen molar-refractivity contribution in [1.82, 2.24) is 19.7 Å². The molecule has 1 unspecified atom stereocenters. The van der Waals surface area contributed by atoms with Crippen LogP contribution in [0.15, 0.2) is 24.5 Å². The fourth-order valence-electron chi connectivity index (χ4n) is 2.87. The number of hydrogen-bond donors (Lipinski definition) is 0. The number of aryl methyl sites for hydroxylation is 2. The second kappa shape index (κ2) is 6.50. The Morgan fingerprint density at radius 1 is 1.39 bits per heavy atom. The maximum Gasteiger partial charge on any atom is 0.222 e. The molecular weight excluding hydrogens is 292 g/mol.